The number of rotatable bonds is 11. The van der Waals surface area contributed by atoms with E-state index in [1.165, 1.54) is 12.1 Å². The molecular weight excluding hydrogens is 431 g/mol. The maximum Gasteiger partial charge on any atom is 0.254 e. The van der Waals surface area contributed by atoms with Crippen LogP contribution in [0.5, 0.6) is 11.5 Å². The van der Waals surface area contributed by atoms with Crippen LogP contribution < -0.4 is 15.6 Å². The van der Waals surface area contributed by atoms with Crippen LogP contribution in [-0.2, 0) is 24.2 Å². The molecule has 0 amide bonds. The van der Waals surface area contributed by atoms with Crippen LogP contribution in [0, 0.1) is 5.82 Å². The molecule has 0 fully saturated rings. The van der Waals surface area contributed by atoms with Crippen molar-refractivity contribution in [1.82, 2.24) is 9.88 Å². The Labute approximate surface area is 198 Å². The van der Waals surface area contributed by atoms with Crippen molar-refractivity contribution in [2.45, 2.75) is 26.4 Å². The second-order valence-corrected chi connectivity index (χ2v) is 8.01. The highest BCUT2D eigenvalue weighted by Gasteiger charge is 2.11. The summed E-state index contributed by atoms with van der Waals surface area (Å²) in [5.41, 5.74) is 2.54. The predicted octanol–water partition coefficient (Wildman–Crippen LogP) is 5.30. The number of fused-ring (bicyclic) bond motifs is 1. The average molecular weight is 461 g/mol. The second-order valence-electron chi connectivity index (χ2n) is 8.01. The van der Waals surface area contributed by atoms with Crippen LogP contribution in [-0.4, -0.2) is 24.3 Å². The van der Waals surface area contributed by atoms with Crippen LogP contribution in [0.3, 0.4) is 0 Å². The number of para-hydroxylation sites is 1. The third kappa shape index (κ3) is 6.10. The van der Waals surface area contributed by atoms with Gasteiger partial charge in [-0.15, -0.1) is 0 Å². The van der Waals surface area contributed by atoms with E-state index in [0.717, 1.165) is 27.8 Å². The van der Waals surface area contributed by atoms with Gasteiger partial charge in [0.15, 0.2) is 0 Å². The standard InChI is InChI=1S/C28H29FN2O3/c1-2-33-17-16-31-27-19-26(34-25-6-4-3-5-7-25)13-10-22(27)18-23(28(31)32)14-15-30-20-21-8-11-24(29)12-9-21/h3-13,18-19,30H,2,14-17,20H2,1H3. The van der Waals surface area contributed by atoms with Crippen LogP contribution in [0.15, 0.2) is 83.7 Å². The molecule has 5 nitrogen and oxygen atoms in total. The zero-order valence-electron chi connectivity index (χ0n) is 19.3. The predicted molar refractivity (Wildman–Crippen MR) is 133 cm³/mol. The fourth-order valence-electron chi connectivity index (χ4n) is 3.86. The second kappa shape index (κ2) is 11.6. The van der Waals surface area contributed by atoms with Gasteiger partial charge in [0.05, 0.1) is 12.1 Å². The molecule has 1 aromatic heterocycles. The molecule has 176 valence electrons. The van der Waals surface area contributed by atoms with E-state index in [2.05, 4.69) is 5.32 Å². The van der Waals surface area contributed by atoms with Crippen LogP contribution in [0.25, 0.3) is 10.9 Å². The van der Waals surface area contributed by atoms with Gasteiger partial charge < -0.3 is 19.4 Å². The van der Waals surface area contributed by atoms with E-state index >= 15 is 0 Å². The van der Waals surface area contributed by atoms with Gasteiger partial charge in [-0.25, -0.2) is 4.39 Å². The summed E-state index contributed by atoms with van der Waals surface area (Å²) in [6.45, 7) is 4.72. The molecule has 0 spiro atoms. The third-order valence-electron chi connectivity index (χ3n) is 5.60. The molecule has 34 heavy (non-hydrogen) atoms. The van der Waals surface area contributed by atoms with E-state index in [1.807, 2.05) is 61.5 Å². The van der Waals surface area contributed by atoms with Crippen LogP contribution in [0.2, 0.25) is 0 Å². The Morgan fingerprint density at radius 2 is 1.74 bits per heavy atom. The van der Waals surface area contributed by atoms with Gasteiger partial charge in [0.2, 0.25) is 0 Å². The number of hydrogen-bond acceptors (Lipinski definition) is 4. The molecule has 0 atom stereocenters. The number of aromatic nitrogens is 1. The first kappa shape index (κ1) is 23.7. The van der Waals surface area contributed by atoms with E-state index in [4.69, 9.17) is 9.47 Å². The molecule has 0 saturated carbocycles. The Hall–Kier alpha value is -3.48. The molecule has 6 heteroatoms. The van der Waals surface area contributed by atoms with Gasteiger partial charge in [-0.2, -0.15) is 0 Å². The van der Waals surface area contributed by atoms with Gasteiger partial charge in [0.1, 0.15) is 17.3 Å². The van der Waals surface area contributed by atoms with E-state index in [0.29, 0.717) is 45.0 Å². The van der Waals surface area contributed by atoms with Crippen molar-refractivity contribution in [2.24, 2.45) is 0 Å². The summed E-state index contributed by atoms with van der Waals surface area (Å²) in [6.07, 6.45) is 0.590. The van der Waals surface area contributed by atoms with Gasteiger partial charge >= 0.3 is 0 Å². The van der Waals surface area contributed by atoms with Crippen LogP contribution in [0.1, 0.15) is 18.1 Å². The highest BCUT2D eigenvalue weighted by Crippen LogP contribution is 2.25. The number of pyridine rings is 1. The minimum absolute atomic E-state index is 0.0207. The Bertz CT molecular complexity index is 1270. The summed E-state index contributed by atoms with van der Waals surface area (Å²) in [5, 5.41) is 4.31. The van der Waals surface area contributed by atoms with E-state index in [9.17, 15) is 9.18 Å². The Morgan fingerprint density at radius 3 is 2.50 bits per heavy atom. The molecule has 0 saturated heterocycles. The first-order chi connectivity index (χ1) is 16.6. The molecular formula is C28H29FN2O3. The van der Waals surface area contributed by atoms with Crippen LogP contribution >= 0.6 is 0 Å². The number of benzene rings is 3. The number of ether oxygens (including phenoxy) is 2. The molecule has 4 rings (SSSR count). The number of nitrogens with zero attached hydrogens (tertiary/aromatic N) is 1. The minimum Gasteiger partial charge on any atom is -0.457 e. The van der Waals surface area contributed by atoms with Crippen molar-refractivity contribution < 1.29 is 13.9 Å². The highest BCUT2D eigenvalue weighted by atomic mass is 19.1. The summed E-state index contributed by atoms with van der Waals surface area (Å²) in [4.78, 5) is 13.3. The monoisotopic (exact) mass is 460 g/mol. The Balaban J connectivity index is 1.54. The zero-order chi connectivity index (χ0) is 23.8. The number of nitrogens with one attached hydrogen (secondary N) is 1. The largest absolute Gasteiger partial charge is 0.457 e. The Morgan fingerprint density at radius 1 is 0.941 bits per heavy atom. The fourth-order valence-corrected chi connectivity index (χ4v) is 3.86. The molecule has 4 aromatic rings. The third-order valence-corrected chi connectivity index (χ3v) is 5.60. The van der Waals surface area contributed by atoms with Crippen molar-refractivity contribution >= 4 is 10.9 Å². The molecule has 0 aliphatic carbocycles. The highest BCUT2D eigenvalue weighted by molar-refractivity contribution is 5.81. The summed E-state index contributed by atoms with van der Waals surface area (Å²) in [6, 6.07) is 23.8. The fraction of sp³-hybridized carbons (Fsp3) is 0.250. The smallest absolute Gasteiger partial charge is 0.254 e. The van der Waals surface area contributed by atoms with Crippen molar-refractivity contribution in [1.29, 1.82) is 0 Å². The summed E-state index contributed by atoms with van der Waals surface area (Å²) in [7, 11) is 0. The van der Waals surface area contributed by atoms with Crippen LogP contribution in [0.4, 0.5) is 4.39 Å². The lowest BCUT2D eigenvalue weighted by atomic mass is 10.1. The van der Waals surface area contributed by atoms with E-state index in [-0.39, 0.29) is 11.4 Å². The summed E-state index contributed by atoms with van der Waals surface area (Å²) in [5.74, 6) is 1.18. The molecule has 1 heterocycles. The van der Waals surface area contributed by atoms with Crippen molar-refractivity contribution in [3.63, 3.8) is 0 Å². The van der Waals surface area contributed by atoms with Gasteiger partial charge in [0, 0.05) is 31.3 Å². The van der Waals surface area contributed by atoms with E-state index < -0.39 is 0 Å². The lowest BCUT2D eigenvalue weighted by Gasteiger charge is -2.15. The van der Waals surface area contributed by atoms with Gasteiger partial charge in [-0.05, 0) is 73.3 Å². The zero-order valence-corrected chi connectivity index (χ0v) is 19.3. The van der Waals surface area contributed by atoms with Gasteiger partial charge in [-0.1, -0.05) is 30.3 Å². The molecule has 0 bridgehead atoms. The first-order valence-corrected chi connectivity index (χ1v) is 11.6. The molecule has 1 N–H and O–H groups in total. The maximum atomic E-state index is 13.3. The summed E-state index contributed by atoms with van der Waals surface area (Å²) < 4.78 is 26.4. The van der Waals surface area contributed by atoms with Crippen molar-refractivity contribution in [2.75, 3.05) is 19.8 Å². The Kier molecular flexibility index (Phi) is 8.07. The molecule has 0 radical (unpaired) electrons. The SMILES string of the molecule is CCOCCn1c(=O)c(CCNCc2ccc(F)cc2)cc2ccc(Oc3ccccc3)cc21. The molecule has 0 unspecified atom stereocenters. The van der Waals surface area contributed by atoms with Crippen molar-refractivity contribution in [3.8, 4) is 11.5 Å². The topological polar surface area (TPSA) is 52.5 Å². The van der Waals surface area contributed by atoms with Crippen molar-refractivity contribution in [3.05, 3.63) is 106 Å². The maximum absolute atomic E-state index is 13.3. The number of halogens is 1. The first-order valence-electron chi connectivity index (χ1n) is 11.6. The quantitative estimate of drug-likeness (QED) is 0.309. The minimum atomic E-state index is -0.246. The number of hydrogen-bond donors (Lipinski definition) is 1. The molecule has 0 aliphatic heterocycles. The molecule has 0 aliphatic rings. The lowest BCUT2D eigenvalue weighted by Crippen LogP contribution is -2.28. The summed E-state index contributed by atoms with van der Waals surface area (Å²) >= 11 is 0. The van der Waals surface area contributed by atoms with Gasteiger partial charge in [-0.3, -0.25) is 4.79 Å². The van der Waals surface area contributed by atoms with Gasteiger partial charge in [0.25, 0.3) is 5.56 Å². The average Bonchev–Trinajstić information content (AvgIpc) is 2.85. The van der Waals surface area contributed by atoms with E-state index in [1.54, 1.807) is 16.7 Å². The lowest BCUT2D eigenvalue weighted by molar-refractivity contribution is 0.139. The molecule has 3 aromatic carbocycles. The normalized spacial score (nSPS) is 11.1.